The van der Waals surface area contributed by atoms with Crippen molar-refractivity contribution in [2.75, 3.05) is 20.8 Å². The van der Waals surface area contributed by atoms with E-state index < -0.39 is 22.7 Å². The van der Waals surface area contributed by atoms with Gasteiger partial charge in [0.25, 0.3) is 4.87 Å². The molecule has 1 rings (SSSR count). The summed E-state index contributed by atoms with van der Waals surface area (Å²) in [5.74, 6) is -2.08. The van der Waals surface area contributed by atoms with Crippen LogP contribution in [-0.2, 0) is 23.9 Å². The summed E-state index contributed by atoms with van der Waals surface area (Å²) < 4.78 is 9.22. The van der Waals surface area contributed by atoms with Crippen LogP contribution in [0.5, 0.6) is 0 Å². The van der Waals surface area contributed by atoms with Crippen molar-refractivity contribution < 1.29 is 23.9 Å². The highest BCUT2D eigenvalue weighted by Gasteiger charge is 2.56. The SMILES string of the molecule is CCN1C(=O)C=CSC1(C(=O)OC)C(=O)OC. The van der Waals surface area contributed by atoms with Crippen LogP contribution >= 0.6 is 11.8 Å². The van der Waals surface area contributed by atoms with Crippen molar-refractivity contribution in [2.24, 2.45) is 0 Å². The van der Waals surface area contributed by atoms with Crippen LogP contribution in [0.4, 0.5) is 0 Å². The standard InChI is InChI=1S/C10H13NO5S/c1-4-11-7(12)5-6-17-10(11,8(13)15-2)9(14)16-3/h5-6H,4H2,1-3H3. The summed E-state index contributed by atoms with van der Waals surface area (Å²) in [7, 11) is 2.31. The van der Waals surface area contributed by atoms with Gasteiger partial charge in [-0.3, -0.25) is 4.79 Å². The van der Waals surface area contributed by atoms with Crippen LogP contribution in [-0.4, -0.2) is 48.4 Å². The highest BCUT2D eigenvalue weighted by molar-refractivity contribution is 8.05. The Balaban J connectivity index is 3.30. The normalized spacial score (nSPS) is 17.8. The van der Waals surface area contributed by atoms with Crippen LogP contribution < -0.4 is 0 Å². The lowest BCUT2D eigenvalue weighted by Gasteiger charge is -2.38. The van der Waals surface area contributed by atoms with Gasteiger partial charge in [0.05, 0.1) is 14.2 Å². The Morgan fingerprint density at radius 1 is 1.35 bits per heavy atom. The first-order valence-electron chi connectivity index (χ1n) is 4.87. The number of hydrogen-bond donors (Lipinski definition) is 0. The van der Waals surface area contributed by atoms with E-state index in [2.05, 4.69) is 9.47 Å². The number of esters is 2. The summed E-state index contributed by atoms with van der Waals surface area (Å²) >= 11 is 0.888. The number of amides is 1. The number of likely N-dealkylation sites (N-methyl/N-ethyl adjacent to an activating group) is 1. The average Bonchev–Trinajstić information content (AvgIpc) is 2.36. The van der Waals surface area contributed by atoms with E-state index in [4.69, 9.17) is 0 Å². The van der Waals surface area contributed by atoms with E-state index in [1.54, 1.807) is 6.92 Å². The smallest absolute Gasteiger partial charge is 0.354 e. The van der Waals surface area contributed by atoms with Crippen LogP contribution in [0.15, 0.2) is 11.5 Å². The molecular formula is C10H13NO5S. The van der Waals surface area contributed by atoms with Gasteiger partial charge in [0.1, 0.15) is 0 Å². The van der Waals surface area contributed by atoms with E-state index in [0.29, 0.717) is 0 Å². The molecule has 0 spiro atoms. The molecule has 0 radical (unpaired) electrons. The monoisotopic (exact) mass is 259 g/mol. The quantitative estimate of drug-likeness (QED) is 0.530. The fraction of sp³-hybridized carbons (Fsp3) is 0.500. The average molecular weight is 259 g/mol. The van der Waals surface area contributed by atoms with Gasteiger partial charge in [0.15, 0.2) is 0 Å². The topological polar surface area (TPSA) is 72.9 Å². The van der Waals surface area contributed by atoms with Gasteiger partial charge < -0.3 is 14.4 Å². The molecule has 1 aliphatic heterocycles. The van der Waals surface area contributed by atoms with Gasteiger partial charge in [0, 0.05) is 12.6 Å². The molecule has 0 saturated heterocycles. The summed E-state index contributed by atoms with van der Waals surface area (Å²) in [5, 5.41) is 1.39. The van der Waals surface area contributed by atoms with Gasteiger partial charge in [-0.25, -0.2) is 9.59 Å². The lowest BCUT2D eigenvalue weighted by molar-refractivity contribution is -0.167. The molecule has 0 atom stereocenters. The molecule has 1 aliphatic rings. The highest BCUT2D eigenvalue weighted by Crippen LogP contribution is 2.36. The zero-order chi connectivity index (χ0) is 13.1. The van der Waals surface area contributed by atoms with Crippen molar-refractivity contribution in [1.82, 2.24) is 4.90 Å². The lowest BCUT2D eigenvalue weighted by atomic mass is 10.2. The van der Waals surface area contributed by atoms with Crippen molar-refractivity contribution in [2.45, 2.75) is 11.8 Å². The molecule has 0 aromatic carbocycles. The van der Waals surface area contributed by atoms with Gasteiger partial charge >= 0.3 is 11.9 Å². The van der Waals surface area contributed by atoms with E-state index >= 15 is 0 Å². The summed E-state index contributed by atoms with van der Waals surface area (Å²) in [6, 6.07) is 0. The first-order valence-corrected chi connectivity index (χ1v) is 5.75. The fourth-order valence-corrected chi connectivity index (χ4v) is 2.64. The fourth-order valence-electron chi connectivity index (χ4n) is 1.55. The molecule has 1 amide bonds. The predicted octanol–water partition coefficient (Wildman–Crippen LogP) is 0.138. The number of thioether (sulfide) groups is 1. The molecule has 7 heteroatoms. The molecule has 1 heterocycles. The highest BCUT2D eigenvalue weighted by atomic mass is 32.2. The minimum Gasteiger partial charge on any atom is -0.466 e. The van der Waals surface area contributed by atoms with Crippen molar-refractivity contribution >= 4 is 29.6 Å². The third-order valence-electron chi connectivity index (χ3n) is 2.34. The molecule has 94 valence electrons. The zero-order valence-electron chi connectivity index (χ0n) is 9.76. The van der Waals surface area contributed by atoms with E-state index in [-0.39, 0.29) is 6.54 Å². The number of carbonyl (C=O) groups is 3. The van der Waals surface area contributed by atoms with Crippen LogP contribution in [0.25, 0.3) is 0 Å². The number of nitrogens with zero attached hydrogens (tertiary/aromatic N) is 1. The number of ether oxygens (including phenoxy) is 2. The number of rotatable bonds is 3. The number of carbonyl (C=O) groups excluding carboxylic acids is 3. The van der Waals surface area contributed by atoms with Gasteiger partial charge in [-0.1, -0.05) is 11.8 Å². The minimum absolute atomic E-state index is 0.195. The first-order chi connectivity index (χ1) is 8.04. The number of hydrogen-bond acceptors (Lipinski definition) is 6. The van der Waals surface area contributed by atoms with Crippen molar-refractivity contribution in [1.29, 1.82) is 0 Å². The van der Waals surface area contributed by atoms with Gasteiger partial charge in [-0.15, -0.1) is 0 Å². The molecule has 0 aromatic rings. The maximum absolute atomic E-state index is 11.8. The lowest BCUT2D eigenvalue weighted by Crippen LogP contribution is -2.61. The largest absolute Gasteiger partial charge is 0.466 e. The maximum Gasteiger partial charge on any atom is 0.354 e. The Kier molecular flexibility index (Phi) is 4.17. The molecule has 6 nitrogen and oxygen atoms in total. The molecule has 17 heavy (non-hydrogen) atoms. The molecule has 0 fully saturated rings. The second kappa shape index (κ2) is 5.22. The number of methoxy groups -OCH3 is 2. The van der Waals surface area contributed by atoms with E-state index in [0.717, 1.165) is 30.9 Å². The van der Waals surface area contributed by atoms with Crippen molar-refractivity contribution in [3.05, 3.63) is 11.5 Å². The Bertz CT molecular complexity index is 363. The third-order valence-corrected chi connectivity index (χ3v) is 3.50. The third kappa shape index (κ3) is 2.02. The second-order valence-corrected chi connectivity index (χ2v) is 4.23. The summed E-state index contributed by atoms with van der Waals surface area (Å²) in [5.41, 5.74) is 0. The van der Waals surface area contributed by atoms with Gasteiger partial charge in [-0.2, -0.15) is 0 Å². The summed E-state index contributed by atoms with van der Waals surface area (Å²) in [4.78, 5) is 34.7. The van der Waals surface area contributed by atoms with Crippen LogP contribution in [0, 0.1) is 0 Å². The molecular weight excluding hydrogens is 246 g/mol. The summed E-state index contributed by atoms with van der Waals surface area (Å²) in [6.45, 7) is 1.86. The summed E-state index contributed by atoms with van der Waals surface area (Å²) in [6.07, 6.45) is 1.29. The Morgan fingerprint density at radius 2 is 1.88 bits per heavy atom. The van der Waals surface area contributed by atoms with E-state index in [9.17, 15) is 14.4 Å². The van der Waals surface area contributed by atoms with Crippen molar-refractivity contribution in [3.8, 4) is 0 Å². The van der Waals surface area contributed by atoms with Crippen LogP contribution in [0.1, 0.15) is 6.92 Å². The minimum atomic E-state index is -1.77. The van der Waals surface area contributed by atoms with Gasteiger partial charge in [0.2, 0.25) is 5.91 Å². The Hall–Kier alpha value is -1.50. The van der Waals surface area contributed by atoms with Gasteiger partial charge in [-0.05, 0) is 12.3 Å². The van der Waals surface area contributed by atoms with E-state index in [1.165, 1.54) is 11.5 Å². The van der Waals surface area contributed by atoms with Crippen LogP contribution in [0.2, 0.25) is 0 Å². The Morgan fingerprint density at radius 3 is 2.29 bits per heavy atom. The molecule has 0 aromatic heterocycles. The Labute approximate surface area is 103 Å². The molecule has 0 N–H and O–H groups in total. The molecule has 0 aliphatic carbocycles. The molecule has 0 saturated carbocycles. The first kappa shape index (κ1) is 13.6. The molecule has 0 bridgehead atoms. The van der Waals surface area contributed by atoms with E-state index in [1.807, 2.05) is 0 Å². The van der Waals surface area contributed by atoms with Crippen LogP contribution in [0.3, 0.4) is 0 Å². The second-order valence-electron chi connectivity index (χ2n) is 3.13. The van der Waals surface area contributed by atoms with Crippen molar-refractivity contribution in [3.63, 3.8) is 0 Å². The zero-order valence-corrected chi connectivity index (χ0v) is 10.6. The predicted molar refractivity (Wildman–Crippen MR) is 60.9 cm³/mol. The molecule has 0 unspecified atom stereocenters. The maximum atomic E-state index is 11.8.